The highest BCUT2D eigenvalue weighted by molar-refractivity contribution is 5.32. The number of aromatic nitrogens is 4. The molecule has 5 heteroatoms. The minimum atomic E-state index is 0.135. The molecule has 2 rings (SSSR count). The van der Waals surface area contributed by atoms with E-state index in [1.165, 1.54) is 11.9 Å². The maximum atomic E-state index is 5.85. The van der Waals surface area contributed by atoms with Gasteiger partial charge in [-0.15, -0.1) is 0 Å². The number of nitrogens with zero attached hydrogens (tertiary/aromatic N) is 4. The van der Waals surface area contributed by atoms with Gasteiger partial charge < -0.3 is 5.73 Å². The van der Waals surface area contributed by atoms with Crippen molar-refractivity contribution in [1.29, 1.82) is 0 Å². The van der Waals surface area contributed by atoms with Crippen molar-refractivity contribution in [1.82, 2.24) is 19.7 Å². The standard InChI is InChI=1S/C12H17N5/c1-8(13)6-11-9(2)16-17(10(11)3)12-4-5-14-7-15-12/h4-5,7-8H,6,13H2,1-3H3. The predicted octanol–water partition coefficient (Wildman–Crippen LogP) is 1.17. The molecule has 0 amide bonds. The van der Waals surface area contributed by atoms with Gasteiger partial charge in [-0.2, -0.15) is 5.10 Å². The van der Waals surface area contributed by atoms with Gasteiger partial charge in [-0.3, -0.25) is 0 Å². The number of aryl methyl sites for hydroxylation is 1. The number of nitrogens with two attached hydrogens (primary N) is 1. The summed E-state index contributed by atoms with van der Waals surface area (Å²) >= 11 is 0. The Balaban J connectivity index is 2.44. The van der Waals surface area contributed by atoms with Crippen molar-refractivity contribution in [3.8, 4) is 5.82 Å². The third-order valence-electron chi connectivity index (χ3n) is 2.75. The van der Waals surface area contributed by atoms with Gasteiger partial charge in [-0.05, 0) is 32.8 Å². The second-order valence-corrected chi connectivity index (χ2v) is 4.31. The smallest absolute Gasteiger partial charge is 0.156 e. The molecule has 0 fully saturated rings. The molecule has 0 saturated heterocycles. The van der Waals surface area contributed by atoms with Gasteiger partial charge in [0.25, 0.3) is 0 Å². The fraction of sp³-hybridized carbons (Fsp3) is 0.417. The zero-order valence-corrected chi connectivity index (χ0v) is 10.4. The van der Waals surface area contributed by atoms with Gasteiger partial charge in [0.2, 0.25) is 0 Å². The van der Waals surface area contributed by atoms with Gasteiger partial charge >= 0.3 is 0 Å². The lowest BCUT2D eigenvalue weighted by molar-refractivity contribution is 0.730. The summed E-state index contributed by atoms with van der Waals surface area (Å²) in [6.45, 7) is 6.04. The molecule has 2 aromatic heterocycles. The minimum absolute atomic E-state index is 0.135. The molecule has 0 aliphatic carbocycles. The average Bonchev–Trinajstić information content (AvgIpc) is 2.58. The predicted molar refractivity (Wildman–Crippen MR) is 66.0 cm³/mol. The van der Waals surface area contributed by atoms with Crippen LogP contribution in [0.3, 0.4) is 0 Å². The summed E-state index contributed by atoms with van der Waals surface area (Å²) < 4.78 is 1.84. The number of hydrogen-bond acceptors (Lipinski definition) is 4. The maximum absolute atomic E-state index is 5.85. The average molecular weight is 231 g/mol. The quantitative estimate of drug-likeness (QED) is 0.860. The van der Waals surface area contributed by atoms with Crippen molar-refractivity contribution in [2.45, 2.75) is 33.2 Å². The van der Waals surface area contributed by atoms with Crippen LogP contribution in [0, 0.1) is 13.8 Å². The highest BCUT2D eigenvalue weighted by Gasteiger charge is 2.14. The van der Waals surface area contributed by atoms with Crippen molar-refractivity contribution in [3.05, 3.63) is 35.5 Å². The summed E-state index contributed by atoms with van der Waals surface area (Å²) in [4.78, 5) is 8.11. The first-order valence-corrected chi connectivity index (χ1v) is 5.66. The highest BCUT2D eigenvalue weighted by Crippen LogP contribution is 2.17. The zero-order chi connectivity index (χ0) is 12.4. The van der Waals surface area contributed by atoms with Crippen LogP contribution in [0.1, 0.15) is 23.9 Å². The van der Waals surface area contributed by atoms with E-state index in [0.29, 0.717) is 0 Å². The van der Waals surface area contributed by atoms with Crippen molar-refractivity contribution < 1.29 is 0 Å². The van der Waals surface area contributed by atoms with E-state index < -0.39 is 0 Å². The molecule has 5 nitrogen and oxygen atoms in total. The fourth-order valence-electron chi connectivity index (χ4n) is 1.92. The van der Waals surface area contributed by atoms with E-state index in [4.69, 9.17) is 5.73 Å². The lowest BCUT2D eigenvalue weighted by atomic mass is 10.1. The molecule has 0 saturated carbocycles. The summed E-state index contributed by atoms with van der Waals surface area (Å²) in [5.41, 5.74) is 9.16. The Labute approximate surface area is 101 Å². The molecule has 2 aromatic rings. The van der Waals surface area contributed by atoms with Gasteiger partial charge in [-0.25, -0.2) is 14.6 Å². The van der Waals surface area contributed by atoms with Gasteiger partial charge in [0, 0.05) is 24.0 Å². The van der Waals surface area contributed by atoms with Crippen LogP contribution in [-0.2, 0) is 6.42 Å². The Bertz CT molecular complexity index is 501. The topological polar surface area (TPSA) is 69.6 Å². The van der Waals surface area contributed by atoms with E-state index in [0.717, 1.165) is 23.6 Å². The molecular formula is C12H17N5. The molecule has 90 valence electrons. The normalized spacial score (nSPS) is 12.7. The Morgan fingerprint density at radius 3 is 2.76 bits per heavy atom. The van der Waals surface area contributed by atoms with Crippen LogP contribution in [0.15, 0.2) is 18.6 Å². The summed E-state index contributed by atoms with van der Waals surface area (Å²) in [6.07, 6.45) is 4.07. The SMILES string of the molecule is Cc1nn(-c2ccncn2)c(C)c1CC(C)N. The lowest BCUT2D eigenvalue weighted by Gasteiger charge is -2.06. The van der Waals surface area contributed by atoms with E-state index in [1.54, 1.807) is 6.20 Å². The third kappa shape index (κ3) is 2.34. The minimum Gasteiger partial charge on any atom is -0.328 e. The molecule has 1 atom stereocenters. The van der Waals surface area contributed by atoms with E-state index in [1.807, 2.05) is 31.5 Å². The van der Waals surface area contributed by atoms with Gasteiger partial charge in [0.15, 0.2) is 5.82 Å². The van der Waals surface area contributed by atoms with Crippen LogP contribution < -0.4 is 5.73 Å². The Hall–Kier alpha value is -1.75. The molecule has 0 aliphatic rings. The molecule has 1 unspecified atom stereocenters. The first kappa shape index (κ1) is 11.7. The fourth-order valence-corrected chi connectivity index (χ4v) is 1.92. The molecule has 17 heavy (non-hydrogen) atoms. The maximum Gasteiger partial charge on any atom is 0.156 e. The second-order valence-electron chi connectivity index (χ2n) is 4.31. The zero-order valence-electron chi connectivity index (χ0n) is 10.4. The van der Waals surface area contributed by atoms with Crippen molar-refractivity contribution in [2.75, 3.05) is 0 Å². The Kier molecular flexibility index (Phi) is 3.19. The first-order valence-electron chi connectivity index (χ1n) is 5.66. The molecule has 0 aliphatic heterocycles. The Morgan fingerprint density at radius 2 is 2.18 bits per heavy atom. The van der Waals surface area contributed by atoms with Gasteiger partial charge in [-0.1, -0.05) is 0 Å². The summed E-state index contributed by atoms with van der Waals surface area (Å²) in [5, 5.41) is 4.50. The van der Waals surface area contributed by atoms with Crippen molar-refractivity contribution >= 4 is 0 Å². The summed E-state index contributed by atoms with van der Waals surface area (Å²) in [7, 11) is 0. The van der Waals surface area contributed by atoms with E-state index >= 15 is 0 Å². The molecule has 0 aromatic carbocycles. The Morgan fingerprint density at radius 1 is 1.41 bits per heavy atom. The summed E-state index contributed by atoms with van der Waals surface area (Å²) in [5.74, 6) is 0.788. The van der Waals surface area contributed by atoms with Crippen LogP contribution in [-0.4, -0.2) is 25.8 Å². The van der Waals surface area contributed by atoms with Gasteiger partial charge in [0.1, 0.15) is 6.33 Å². The molecule has 0 spiro atoms. The molecule has 0 bridgehead atoms. The van der Waals surface area contributed by atoms with E-state index in [2.05, 4.69) is 15.1 Å². The lowest BCUT2D eigenvalue weighted by Crippen LogP contribution is -2.18. The largest absolute Gasteiger partial charge is 0.328 e. The van der Waals surface area contributed by atoms with Crippen LogP contribution in [0.5, 0.6) is 0 Å². The van der Waals surface area contributed by atoms with Crippen LogP contribution in [0.2, 0.25) is 0 Å². The summed E-state index contributed by atoms with van der Waals surface area (Å²) in [6, 6.07) is 1.98. The molecule has 2 heterocycles. The van der Waals surface area contributed by atoms with E-state index in [-0.39, 0.29) is 6.04 Å². The van der Waals surface area contributed by atoms with Crippen molar-refractivity contribution in [3.63, 3.8) is 0 Å². The number of hydrogen-bond donors (Lipinski definition) is 1. The third-order valence-corrected chi connectivity index (χ3v) is 2.75. The monoisotopic (exact) mass is 231 g/mol. The highest BCUT2D eigenvalue weighted by atomic mass is 15.3. The second kappa shape index (κ2) is 4.63. The first-order chi connectivity index (χ1) is 8.09. The van der Waals surface area contributed by atoms with E-state index in [9.17, 15) is 0 Å². The molecular weight excluding hydrogens is 214 g/mol. The molecule has 0 radical (unpaired) electrons. The van der Waals surface area contributed by atoms with Crippen LogP contribution in [0.4, 0.5) is 0 Å². The number of rotatable bonds is 3. The van der Waals surface area contributed by atoms with Crippen molar-refractivity contribution in [2.24, 2.45) is 5.73 Å². The van der Waals surface area contributed by atoms with Crippen LogP contribution in [0.25, 0.3) is 5.82 Å². The molecule has 2 N–H and O–H groups in total. The van der Waals surface area contributed by atoms with Gasteiger partial charge in [0.05, 0.1) is 5.69 Å². The van der Waals surface area contributed by atoms with Crippen LogP contribution >= 0.6 is 0 Å².